The van der Waals surface area contributed by atoms with Crippen LogP contribution in [-0.2, 0) is 9.59 Å². The molecular weight excluding hydrogens is 290 g/mol. The molecule has 0 aliphatic rings. The quantitative estimate of drug-likeness (QED) is 0.793. The summed E-state index contributed by atoms with van der Waals surface area (Å²) in [5.41, 5.74) is 4.41. The topological polar surface area (TPSA) is 70.2 Å². The Kier molecular flexibility index (Phi) is 5.36. The van der Waals surface area contributed by atoms with E-state index in [-0.39, 0.29) is 18.4 Å². The summed E-state index contributed by atoms with van der Waals surface area (Å²) in [6.07, 6.45) is 0. The highest BCUT2D eigenvalue weighted by molar-refractivity contribution is 5.94. The van der Waals surface area contributed by atoms with Crippen molar-refractivity contribution in [3.63, 3.8) is 0 Å². The molecule has 0 aromatic heterocycles. The SMILES string of the molecule is CC(=O)Nc1cccc(NCC(=O)Nc2cc(C)ccc2C)c1. The van der Waals surface area contributed by atoms with E-state index in [0.29, 0.717) is 5.69 Å². The van der Waals surface area contributed by atoms with Gasteiger partial charge in [-0.15, -0.1) is 0 Å². The van der Waals surface area contributed by atoms with Crippen molar-refractivity contribution in [2.45, 2.75) is 20.8 Å². The van der Waals surface area contributed by atoms with Gasteiger partial charge in [0, 0.05) is 24.0 Å². The highest BCUT2D eigenvalue weighted by Crippen LogP contribution is 2.17. The number of carbonyl (C=O) groups excluding carboxylic acids is 2. The van der Waals surface area contributed by atoms with E-state index in [2.05, 4.69) is 16.0 Å². The largest absolute Gasteiger partial charge is 0.376 e. The molecule has 0 aliphatic heterocycles. The summed E-state index contributed by atoms with van der Waals surface area (Å²) < 4.78 is 0. The summed E-state index contributed by atoms with van der Waals surface area (Å²) >= 11 is 0. The van der Waals surface area contributed by atoms with Gasteiger partial charge in [-0.1, -0.05) is 18.2 Å². The van der Waals surface area contributed by atoms with Crippen LogP contribution in [0, 0.1) is 13.8 Å². The number of rotatable bonds is 5. The maximum atomic E-state index is 12.1. The summed E-state index contributed by atoms with van der Waals surface area (Å²) in [5.74, 6) is -0.251. The summed E-state index contributed by atoms with van der Waals surface area (Å²) in [6, 6.07) is 13.2. The standard InChI is InChI=1S/C18H21N3O2/c1-12-7-8-13(2)17(9-12)21-18(23)11-19-15-5-4-6-16(10-15)20-14(3)22/h4-10,19H,11H2,1-3H3,(H,20,22)(H,21,23). The summed E-state index contributed by atoms with van der Waals surface area (Å²) in [7, 11) is 0. The zero-order valence-electron chi connectivity index (χ0n) is 13.6. The van der Waals surface area contributed by atoms with Gasteiger partial charge in [-0.3, -0.25) is 9.59 Å². The van der Waals surface area contributed by atoms with E-state index in [0.717, 1.165) is 22.5 Å². The molecule has 0 fully saturated rings. The predicted octanol–water partition coefficient (Wildman–Crippen LogP) is 3.31. The Bertz CT molecular complexity index is 726. The van der Waals surface area contributed by atoms with Crippen molar-refractivity contribution in [1.29, 1.82) is 0 Å². The second-order valence-electron chi connectivity index (χ2n) is 5.48. The molecule has 0 spiro atoms. The molecule has 23 heavy (non-hydrogen) atoms. The van der Waals surface area contributed by atoms with Crippen molar-refractivity contribution in [3.8, 4) is 0 Å². The van der Waals surface area contributed by atoms with Gasteiger partial charge in [-0.05, 0) is 49.2 Å². The van der Waals surface area contributed by atoms with E-state index >= 15 is 0 Å². The van der Waals surface area contributed by atoms with Crippen LogP contribution in [0.1, 0.15) is 18.1 Å². The number of hydrogen-bond acceptors (Lipinski definition) is 3. The Morgan fingerprint density at radius 3 is 2.43 bits per heavy atom. The molecule has 2 amide bonds. The first-order valence-corrected chi connectivity index (χ1v) is 7.42. The van der Waals surface area contributed by atoms with Gasteiger partial charge in [-0.25, -0.2) is 0 Å². The van der Waals surface area contributed by atoms with E-state index in [9.17, 15) is 9.59 Å². The molecule has 0 unspecified atom stereocenters. The van der Waals surface area contributed by atoms with Gasteiger partial charge in [0.2, 0.25) is 11.8 Å². The van der Waals surface area contributed by atoms with Crippen LogP contribution in [0.3, 0.4) is 0 Å². The number of benzene rings is 2. The Balaban J connectivity index is 1.94. The van der Waals surface area contributed by atoms with Gasteiger partial charge in [0.25, 0.3) is 0 Å². The average molecular weight is 311 g/mol. The molecule has 0 saturated heterocycles. The van der Waals surface area contributed by atoms with Gasteiger partial charge < -0.3 is 16.0 Å². The summed E-state index contributed by atoms with van der Waals surface area (Å²) in [4.78, 5) is 23.1. The van der Waals surface area contributed by atoms with Crippen LogP contribution >= 0.6 is 0 Å². The fourth-order valence-electron chi connectivity index (χ4n) is 2.16. The highest BCUT2D eigenvalue weighted by atomic mass is 16.2. The van der Waals surface area contributed by atoms with E-state index in [1.54, 1.807) is 12.1 Å². The molecule has 2 rings (SSSR count). The van der Waals surface area contributed by atoms with Gasteiger partial charge in [-0.2, -0.15) is 0 Å². The number of aryl methyl sites for hydroxylation is 2. The zero-order chi connectivity index (χ0) is 16.8. The molecule has 0 heterocycles. The smallest absolute Gasteiger partial charge is 0.243 e. The van der Waals surface area contributed by atoms with Crippen LogP contribution in [0.5, 0.6) is 0 Å². The van der Waals surface area contributed by atoms with Gasteiger partial charge in [0.15, 0.2) is 0 Å². The molecule has 0 bridgehead atoms. The molecule has 5 heteroatoms. The first-order valence-electron chi connectivity index (χ1n) is 7.42. The summed E-state index contributed by atoms with van der Waals surface area (Å²) in [5, 5.41) is 8.65. The molecule has 0 aliphatic carbocycles. The number of amides is 2. The Morgan fingerprint density at radius 2 is 1.70 bits per heavy atom. The minimum atomic E-state index is -0.130. The van der Waals surface area contributed by atoms with Crippen LogP contribution in [0.25, 0.3) is 0 Å². The second kappa shape index (κ2) is 7.45. The molecule has 2 aromatic rings. The molecule has 3 N–H and O–H groups in total. The van der Waals surface area contributed by atoms with Crippen LogP contribution in [0.4, 0.5) is 17.1 Å². The number of anilines is 3. The Labute approximate surface area is 136 Å². The minimum Gasteiger partial charge on any atom is -0.376 e. The van der Waals surface area contributed by atoms with Crippen molar-refractivity contribution in [2.75, 3.05) is 22.5 Å². The van der Waals surface area contributed by atoms with Crippen molar-refractivity contribution < 1.29 is 9.59 Å². The lowest BCUT2D eigenvalue weighted by atomic mass is 10.1. The average Bonchev–Trinajstić information content (AvgIpc) is 2.49. The van der Waals surface area contributed by atoms with Crippen molar-refractivity contribution in [1.82, 2.24) is 0 Å². The van der Waals surface area contributed by atoms with Crippen LogP contribution < -0.4 is 16.0 Å². The van der Waals surface area contributed by atoms with E-state index in [1.165, 1.54) is 6.92 Å². The van der Waals surface area contributed by atoms with Gasteiger partial charge in [0.05, 0.1) is 6.54 Å². The zero-order valence-corrected chi connectivity index (χ0v) is 13.6. The van der Waals surface area contributed by atoms with E-state index in [4.69, 9.17) is 0 Å². The van der Waals surface area contributed by atoms with Crippen LogP contribution in [-0.4, -0.2) is 18.4 Å². The van der Waals surface area contributed by atoms with Crippen molar-refractivity contribution >= 4 is 28.9 Å². The van der Waals surface area contributed by atoms with Crippen LogP contribution in [0.2, 0.25) is 0 Å². The van der Waals surface area contributed by atoms with E-state index < -0.39 is 0 Å². The highest BCUT2D eigenvalue weighted by Gasteiger charge is 2.05. The summed E-state index contributed by atoms with van der Waals surface area (Å²) in [6.45, 7) is 5.55. The van der Waals surface area contributed by atoms with Crippen molar-refractivity contribution in [2.24, 2.45) is 0 Å². The fraction of sp³-hybridized carbons (Fsp3) is 0.222. The van der Waals surface area contributed by atoms with Crippen molar-refractivity contribution in [3.05, 3.63) is 53.6 Å². The molecule has 120 valence electrons. The maximum Gasteiger partial charge on any atom is 0.243 e. The normalized spacial score (nSPS) is 10.0. The lowest BCUT2D eigenvalue weighted by Crippen LogP contribution is -2.22. The molecule has 2 aromatic carbocycles. The van der Waals surface area contributed by atoms with E-state index in [1.807, 2.05) is 44.2 Å². The van der Waals surface area contributed by atoms with Gasteiger partial charge >= 0.3 is 0 Å². The van der Waals surface area contributed by atoms with Gasteiger partial charge in [0.1, 0.15) is 0 Å². The van der Waals surface area contributed by atoms with Crippen LogP contribution in [0.15, 0.2) is 42.5 Å². The molecular formula is C18H21N3O2. The molecule has 0 atom stereocenters. The first kappa shape index (κ1) is 16.5. The number of hydrogen-bond donors (Lipinski definition) is 3. The fourth-order valence-corrected chi connectivity index (χ4v) is 2.16. The third-order valence-corrected chi connectivity index (χ3v) is 3.30. The maximum absolute atomic E-state index is 12.1. The number of nitrogens with one attached hydrogen (secondary N) is 3. The lowest BCUT2D eigenvalue weighted by molar-refractivity contribution is -0.115. The lowest BCUT2D eigenvalue weighted by Gasteiger charge is -2.11. The Morgan fingerprint density at radius 1 is 0.957 bits per heavy atom. The predicted molar refractivity (Wildman–Crippen MR) is 93.8 cm³/mol. The molecule has 5 nitrogen and oxygen atoms in total. The third-order valence-electron chi connectivity index (χ3n) is 3.30. The first-order chi connectivity index (χ1) is 10.9. The minimum absolute atomic E-state index is 0.122. The number of carbonyl (C=O) groups is 2. The molecule has 0 saturated carbocycles. The third kappa shape index (κ3) is 5.14. The second-order valence-corrected chi connectivity index (χ2v) is 5.48. The molecule has 0 radical (unpaired) electrons. The monoisotopic (exact) mass is 311 g/mol. The Hall–Kier alpha value is -2.82.